The number of hydrogen-bond acceptors (Lipinski definition) is 5. The Balaban J connectivity index is 0.00000267. The molecule has 0 saturated carbocycles. The van der Waals surface area contributed by atoms with Crippen LogP contribution in [-0.4, -0.2) is 54.2 Å². The van der Waals surface area contributed by atoms with Crippen LogP contribution in [0.25, 0.3) is 0 Å². The Morgan fingerprint density at radius 2 is 1.33 bits per heavy atom. The first kappa shape index (κ1) is 32.7. The highest BCUT2D eigenvalue weighted by Crippen LogP contribution is 2.30. The Kier molecular flexibility index (Phi) is 12.8. The number of halogens is 4. The van der Waals surface area contributed by atoms with E-state index in [1.54, 1.807) is 24.3 Å². The molecule has 212 valence electrons. The number of aliphatic hydroxyl groups is 1. The molecule has 4 rings (SSSR count). The minimum absolute atomic E-state index is 0. The van der Waals surface area contributed by atoms with E-state index >= 15 is 0 Å². The van der Waals surface area contributed by atoms with Gasteiger partial charge in [-0.05, 0) is 52.9 Å². The van der Waals surface area contributed by atoms with E-state index in [1.807, 2.05) is 18.2 Å². The van der Waals surface area contributed by atoms with E-state index in [9.17, 15) is 18.7 Å². The molecule has 0 radical (unpaired) electrons. The minimum atomic E-state index is -0.288. The van der Waals surface area contributed by atoms with Gasteiger partial charge in [-0.2, -0.15) is 0 Å². The highest BCUT2D eigenvalue weighted by atomic mass is 35.5. The van der Waals surface area contributed by atoms with Gasteiger partial charge in [-0.25, -0.2) is 8.78 Å². The Bertz CT molecular complexity index is 1190. The molecule has 1 fully saturated rings. The molecule has 0 amide bonds. The third-order valence-corrected chi connectivity index (χ3v) is 6.96. The Morgan fingerprint density at radius 1 is 0.821 bits per heavy atom. The largest absolute Gasteiger partial charge is 0.395 e. The number of benzene rings is 2. The van der Waals surface area contributed by atoms with Gasteiger partial charge in [-0.3, -0.25) is 14.6 Å². The molecular formula is C30H37Cl2F2N3O2. The summed E-state index contributed by atoms with van der Waals surface area (Å²) in [6, 6.07) is 18.7. The van der Waals surface area contributed by atoms with Crippen molar-refractivity contribution in [3.63, 3.8) is 0 Å². The van der Waals surface area contributed by atoms with Crippen molar-refractivity contribution in [1.29, 1.82) is 0 Å². The maximum atomic E-state index is 13.6. The molecule has 9 heteroatoms. The van der Waals surface area contributed by atoms with Gasteiger partial charge in [0.05, 0.1) is 18.3 Å². The van der Waals surface area contributed by atoms with Gasteiger partial charge in [-0.15, -0.1) is 24.8 Å². The van der Waals surface area contributed by atoms with Crippen molar-refractivity contribution < 1.29 is 13.9 Å². The first-order valence-corrected chi connectivity index (χ1v) is 12.8. The lowest BCUT2D eigenvalue weighted by molar-refractivity contribution is 0.104. The topological polar surface area (TPSA) is 55.8 Å². The lowest BCUT2D eigenvalue weighted by Gasteiger charge is -2.39. The van der Waals surface area contributed by atoms with Gasteiger partial charge in [0.15, 0.2) is 0 Å². The number of nitrogens with one attached hydrogen (secondary N) is 1. The van der Waals surface area contributed by atoms with Crippen LogP contribution in [0.5, 0.6) is 0 Å². The van der Waals surface area contributed by atoms with Crippen molar-refractivity contribution in [2.75, 3.05) is 44.6 Å². The van der Waals surface area contributed by atoms with Crippen molar-refractivity contribution in [3.05, 3.63) is 111 Å². The lowest BCUT2D eigenvalue weighted by atomic mass is 9.96. The van der Waals surface area contributed by atoms with Crippen LogP contribution in [0, 0.1) is 11.6 Å². The molecule has 0 bridgehead atoms. The molecule has 0 unspecified atom stereocenters. The second-order valence-corrected chi connectivity index (χ2v) is 9.87. The number of anilines is 1. The zero-order valence-electron chi connectivity index (χ0n) is 22.3. The molecule has 2 N–H and O–H groups in total. The summed E-state index contributed by atoms with van der Waals surface area (Å²) in [5.41, 5.74) is 4.17. The van der Waals surface area contributed by atoms with E-state index < -0.39 is 0 Å². The van der Waals surface area contributed by atoms with Crippen molar-refractivity contribution in [1.82, 2.24) is 9.80 Å². The quantitative estimate of drug-likeness (QED) is 0.345. The predicted octanol–water partition coefficient (Wildman–Crippen LogP) is 5.60. The fourth-order valence-corrected chi connectivity index (χ4v) is 4.86. The van der Waals surface area contributed by atoms with Crippen LogP contribution in [0.1, 0.15) is 48.1 Å². The second kappa shape index (κ2) is 15.3. The fraction of sp³-hybridized carbons (Fsp3) is 0.367. The molecule has 0 aliphatic carbocycles. The van der Waals surface area contributed by atoms with Crippen molar-refractivity contribution in [2.24, 2.45) is 0 Å². The SMILES string of the molecule is CC(C)c1ccc(CN2CCN(C(c3ccc(F)cc3)c3ccc(F)cc3)CC2)c(=O)c(NCCO)c1.Cl.Cl. The summed E-state index contributed by atoms with van der Waals surface area (Å²) in [6.07, 6.45) is 0. The second-order valence-electron chi connectivity index (χ2n) is 9.87. The molecule has 1 aliphatic heterocycles. The average molecular weight is 581 g/mol. The normalized spacial score (nSPS) is 14.1. The van der Waals surface area contributed by atoms with E-state index in [2.05, 4.69) is 29.0 Å². The maximum Gasteiger partial charge on any atom is 0.206 e. The molecule has 0 atom stereocenters. The van der Waals surface area contributed by atoms with E-state index in [-0.39, 0.29) is 60.4 Å². The van der Waals surface area contributed by atoms with Gasteiger partial charge in [0.2, 0.25) is 5.43 Å². The monoisotopic (exact) mass is 579 g/mol. The number of nitrogens with zero attached hydrogens (tertiary/aromatic N) is 2. The minimum Gasteiger partial charge on any atom is -0.395 e. The fourth-order valence-electron chi connectivity index (χ4n) is 4.86. The molecule has 1 heterocycles. The van der Waals surface area contributed by atoms with Crippen LogP contribution in [-0.2, 0) is 6.54 Å². The first-order chi connectivity index (χ1) is 17.9. The summed E-state index contributed by atoms with van der Waals surface area (Å²) in [5.74, 6) is -0.304. The van der Waals surface area contributed by atoms with Crippen molar-refractivity contribution in [2.45, 2.75) is 32.4 Å². The van der Waals surface area contributed by atoms with Crippen LogP contribution >= 0.6 is 24.8 Å². The summed E-state index contributed by atoms with van der Waals surface area (Å²) in [7, 11) is 0. The molecule has 39 heavy (non-hydrogen) atoms. The summed E-state index contributed by atoms with van der Waals surface area (Å²) >= 11 is 0. The molecule has 5 nitrogen and oxygen atoms in total. The van der Waals surface area contributed by atoms with Crippen molar-refractivity contribution >= 4 is 30.5 Å². The standard InChI is InChI=1S/C30H35F2N3O2.2ClH/c1-21(2)24-3-4-25(30(37)28(19-24)33-13-18-36)20-34-14-16-35(17-15-34)29(22-5-9-26(31)10-6-22)23-7-11-27(32)12-8-23;;/h3-12,19,21,29,36H,13-18,20H2,1-2H3,(H,33,37);2*1H. The Morgan fingerprint density at radius 3 is 1.82 bits per heavy atom. The van der Waals surface area contributed by atoms with E-state index in [0.717, 1.165) is 48.4 Å². The average Bonchev–Trinajstić information content (AvgIpc) is 3.05. The number of hydrogen-bond donors (Lipinski definition) is 2. The van der Waals surface area contributed by atoms with Crippen LogP contribution in [0.3, 0.4) is 0 Å². The molecule has 0 spiro atoms. The summed E-state index contributed by atoms with van der Waals surface area (Å²) in [5, 5.41) is 12.3. The van der Waals surface area contributed by atoms with Gasteiger partial charge in [0.25, 0.3) is 0 Å². The molecule has 1 saturated heterocycles. The molecule has 3 aromatic rings. The summed E-state index contributed by atoms with van der Waals surface area (Å²) in [6.45, 7) is 8.00. The molecule has 3 aromatic carbocycles. The van der Waals surface area contributed by atoms with Crippen LogP contribution in [0.2, 0.25) is 0 Å². The maximum absolute atomic E-state index is 13.6. The zero-order valence-corrected chi connectivity index (χ0v) is 23.9. The third-order valence-electron chi connectivity index (χ3n) is 6.96. The number of rotatable bonds is 9. The van der Waals surface area contributed by atoms with E-state index in [0.29, 0.717) is 18.8 Å². The Labute approximate surface area is 241 Å². The van der Waals surface area contributed by atoms with Crippen LogP contribution < -0.4 is 10.7 Å². The summed E-state index contributed by atoms with van der Waals surface area (Å²) < 4.78 is 27.2. The highest BCUT2D eigenvalue weighted by Gasteiger charge is 2.27. The first-order valence-electron chi connectivity index (χ1n) is 12.8. The van der Waals surface area contributed by atoms with Gasteiger partial charge < -0.3 is 10.4 Å². The number of piperazine rings is 1. The highest BCUT2D eigenvalue weighted by molar-refractivity contribution is 5.85. The molecule has 1 aliphatic rings. The lowest BCUT2D eigenvalue weighted by Crippen LogP contribution is -2.47. The smallest absolute Gasteiger partial charge is 0.206 e. The third kappa shape index (κ3) is 8.47. The predicted molar refractivity (Wildman–Crippen MR) is 158 cm³/mol. The van der Waals surface area contributed by atoms with Gasteiger partial charge >= 0.3 is 0 Å². The van der Waals surface area contributed by atoms with Gasteiger partial charge in [0.1, 0.15) is 11.6 Å². The zero-order chi connectivity index (χ0) is 26.4. The van der Waals surface area contributed by atoms with Gasteiger partial charge in [0, 0.05) is 44.8 Å². The Hall–Kier alpha value is -2.55. The van der Waals surface area contributed by atoms with E-state index in [1.165, 1.54) is 24.3 Å². The van der Waals surface area contributed by atoms with Crippen LogP contribution in [0.4, 0.5) is 14.5 Å². The van der Waals surface area contributed by atoms with Gasteiger partial charge in [-0.1, -0.05) is 50.2 Å². The van der Waals surface area contributed by atoms with Crippen LogP contribution in [0.15, 0.2) is 71.5 Å². The molecule has 0 aromatic heterocycles. The molecular weight excluding hydrogens is 543 g/mol. The van der Waals surface area contributed by atoms with E-state index in [4.69, 9.17) is 0 Å². The summed E-state index contributed by atoms with van der Waals surface area (Å²) in [4.78, 5) is 17.9. The number of aliphatic hydroxyl groups excluding tert-OH is 1. The van der Waals surface area contributed by atoms with Crippen molar-refractivity contribution in [3.8, 4) is 0 Å².